The normalized spacial score (nSPS) is 26.5. The zero-order chi connectivity index (χ0) is 41.8. The third-order valence-electron chi connectivity index (χ3n) is 11.7. The number of carbonyl (C=O) groups excluding carboxylic acids is 1. The van der Waals surface area contributed by atoms with Crippen molar-refractivity contribution in [3.63, 3.8) is 0 Å². The van der Waals surface area contributed by atoms with Crippen molar-refractivity contribution < 1.29 is 58.7 Å². The first-order chi connectivity index (χ1) is 28.7. The minimum absolute atomic E-state index is 0.000811. The first kappa shape index (κ1) is 44.0. The molecule has 322 valence electrons. The van der Waals surface area contributed by atoms with Crippen molar-refractivity contribution in [1.82, 2.24) is 4.90 Å². The van der Waals surface area contributed by atoms with Crippen molar-refractivity contribution >= 4 is 17.5 Å². The molecule has 2 fully saturated rings. The number of oxime groups is 1. The van der Waals surface area contributed by atoms with E-state index in [9.17, 15) is 35.3 Å². The summed E-state index contributed by atoms with van der Waals surface area (Å²) < 4.78 is 31.6. The number of phenols is 1. The second kappa shape index (κ2) is 21.1. The third-order valence-corrected chi connectivity index (χ3v) is 11.7. The molecule has 0 spiro atoms. The summed E-state index contributed by atoms with van der Waals surface area (Å²) in [5.41, 5.74) is 1.96. The maximum absolute atomic E-state index is 14.6. The number of allylic oxidation sites excluding steroid dienone is 1. The first-order valence-electron chi connectivity index (χ1n) is 20.7. The summed E-state index contributed by atoms with van der Waals surface area (Å²) in [5.74, 6) is -2.06. The highest BCUT2D eigenvalue weighted by atomic mass is 16.8. The number of aliphatic hydroxyl groups is 3. The molecule has 2 aromatic carbocycles. The van der Waals surface area contributed by atoms with Gasteiger partial charge in [-0.1, -0.05) is 30.1 Å². The largest absolute Gasteiger partial charge is 0.508 e. The van der Waals surface area contributed by atoms with Crippen LogP contribution in [-0.4, -0.2) is 113 Å². The van der Waals surface area contributed by atoms with E-state index in [0.29, 0.717) is 43.8 Å². The highest BCUT2D eigenvalue weighted by Gasteiger charge is 2.65. The fourth-order valence-corrected chi connectivity index (χ4v) is 9.07. The molecule has 2 aliphatic carbocycles. The number of nitrogens with zero attached hydrogens (tertiary/aromatic N) is 3. The maximum atomic E-state index is 14.6. The Morgan fingerprint density at radius 1 is 1.03 bits per heavy atom. The van der Waals surface area contributed by atoms with Gasteiger partial charge in [0.1, 0.15) is 23.3 Å². The first-order valence-corrected chi connectivity index (χ1v) is 20.7. The average molecular weight is 824 g/mol. The molecule has 2 aromatic rings. The van der Waals surface area contributed by atoms with E-state index >= 15 is 0 Å². The Hall–Kier alpha value is -4.58. The van der Waals surface area contributed by atoms with Crippen molar-refractivity contribution in [2.24, 2.45) is 22.9 Å². The number of carbonyl (C=O) groups is 1. The van der Waals surface area contributed by atoms with E-state index in [1.165, 1.54) is 29.2 Å². The fraction of sp³-hybridized carbons (Fsp3) is 0.581. The van der Waals surface area contributed by atoms with Gasteiger partial charge < -0.3 is 48.9 Å². The van der Waals surface area contributed by atoms with Crippen LogP contribution in [0, 0.1) is 27.9 Å². The molecule has 0 bridgehead atoms. The van der Waals surface area contributed by atoms with Crippen LogP contribution in [-0.2, 0) is 19.0 Å². The summed E-state index contributed by atoms with van der Waals surface area (Å²) in [6.07, 6.45) is 9.17. The van der Waals surface area contributed by atoms with Gasteiger partial charge in [0.05, 0.1) is 49.6 Å². The third kappa shape index (κ3) is 10.2. The van der Waals surface area contributed by atoms with Gasteiger partial charge >= 0.3 is 6.09 Å². The molecular weight excluding hydrogens is 766 g/mol. The van der Waals surface area contributed by atoms with Crippen molar-refractivity contribution in [1.29, 1.82) is 0 Å². The minimum atomic E-state index is -1.61. The molecule has 1 saturated heterocycles. The van der Waals surface area contributed by atoms with E-state index in [2.05, 4.69) is 12.7 Å². The van der Waals surface area contributed by atoms with Crippen molar-refractivity contribution in [3.8, 4) is 17.2 Å². The quantitative estimate of drug-likeness (QED) is 0.0495. The molecule has 6 rings (SSSR count). The van der Waals surface area contributed by atoms with E-state index in [1.807, 2.05) is 0 Å². The second-order valence-corrected chi connectivity index (χ2v) is 15.3. The fourth-order valence-electron chi connectivity index (χ4n) is 9.07. The summed E-state index contributed by atoms with van der Waals surface area (Å²) in [7, 11) is 0. The molecule has 7 unspecified atom stereocenters. The predicted octanol–water partition coefficient (Wildman–Crippen LogP) is 5.97. The molecular formula is C43H57N3O13. The number of nitro groups is 1. The highest BCUT2D eigenvalue weighted by Crippen LogP contribution is 2.62. The number of nitro benzene ring substituents is 1. The molecule has 0 radical (unpaired) electrons. The Balaban J connectivity index is 1.54. The molecule has 16 heteroatoms. The number of fused-ring (bicyclic) bond motifs is 2. The molecule has 2 heterocycles. The molecule has 1 saturated carbocycles. The van der Waals surface area contributed by atoms with E-state index in [0.717, 1.165) is 43.2 Å². The van der Waals surface area contributed by atoms with Gasteiger partial charge in [0, 0.05) is 56.2 Å². The molecule has 4 N–H and O–H groups in total. The van der Waals surface area contributed by atoms with Crippen LogP contribution in [0.2, 0.25) is 0 Å². The van der Waals surface area contributed by atoms with Gasteiger partial charge in [0.2, 0.25) is 12.1 Å². The van der Waals surface area contributed by atoms with Crippen molar-refractivity contribution in [2.75, 3.05) is 52.8 Å². The van der Waals surface area contributed by atoms with Crippen LogP contribution < -0.4 is 9.47 Å². The number of unbranched alkanes of at least 4 members (excludes halogenated alkanes) is 2. The van der Waals surface area contributed by atoms with Crippen LogP contribution in [0.4, 0.5) is 10.5 Å². The lowest BCUT2D eigenvalue weighted by Gasteiger charge is -2.59. The number of amides is 1. The Bertz CT molecular complexity index is 1780. The summed E-state index contributed by atoms with van der Waals surface area (Å²) in [6.45, 7) is 4.36. The van der Waals surface area contributed by atoms with E-state index < -0.39 is 35.1 Å². The number of hydrogen-bond donors (Lipinski definition) is 4. The van der Waals surface area contributed by atoms with Gasteiger partial charge in [0.25, 0.3) is 5.69 Å². The Morgan fingerprint density at radius 3 is 2.51 bits per heavy atom. The van der Waals surface area contributed by atoms with Gasteiger partial charge in [0.15, 0.2) is 0 Å². The molecule has 4 aliphatic rings. The van der Waals surface area contributed by atoms with Gasteiger partial charge in [-0.2, -0.15) is 0 Å². The monoisotopic (exact) mass is 823 g/mol. The highest BCUT2D eigenvalue weighted by molar-refractivity contribution is 6.03. The summed E-state index contributed by atoms with van der Waals surface area (Å²) >= 11 is 0. The lowest BCUT2D eigenvalue weighted by Crippen LogP contribution is -2.70. The number of aliphatic hydroxyl groups excluding tert-OH is 3. The van der Waals surface area contributed by atoms with Crippen molar-refractivity contribution in [2.45, 2.75) is 88.2 Å². The number of rotatable bonds is 21. The molecule has 2 aliphatic heterocycles. The van der Waals surface area contributed by atoms with Gasteiger partial charge in [-0.3, -0.25) is 15.0 Å². The molecule has 59 heavy (non-hydrogen) atoms. The number of phenolic OH excluding ortho intramolecular Hbond substituents is 1. The van der Waals surface area contributed by atoms with Crippen LogP contribution in [0.15, 0.2) is 71.9 Å². The number of benzene rings is 2. The number of ether oxygens (including phenoxy) is 5. The lowest BCUT2D eigenvalue weighted by atomic mass is 9.55. The number of aromatic hydroxyl groups is 1. The smallest absolute Gasteiger partial charge is 0.415 e. The van der Waals surface area contributed by atoms with E-state index in [-0.39, 0.29) is 87.5 Å². The molecule has 1 amide bonds. The summed E-state index contributed by atoms with van der Waals surface area (Å²) in [5, 5.41) is 56.3. The molecule has 0 aromatic heterocycles. The predicted molar refractivity (Wildman–Crippen MR) is 215 cm³/mol. The number of hydrogen-bond acceptors (Lipinski definition) is 14. The van der Waals surface area contributed by atoms with E-state index in [4.69, 9.17) is 33.7 Å². The molecule has 7 atom stereocenters. The summed E-state index contributed by atoms with van der Waals surface area (Å²) in [4.78, 5) is 33.1. The van der Waals surface area contributed by atoms with Crippen LogP contribution in [0.1, 0.15) is 75.7 Å². The van der Waals surface area contributed by atoms with Crippen LogP contribution in [0.25, 0.3) is 0 Å². The number of non-ortho nitro benzene ring substituents is 1. The minimum Gasteiger partial charge on any atom is -0.508 e. The zero-order valence-corrected chi connectivity index (χ0v) is 33.4. The average Bonchev–Trinajstić information content (AvgIpc) is 3.24. The van der Waals surface area contributed by atoms with Gasteiger partial charge in [-0.25, -0.2) is 4.79 Å². The standard InChI is InChI=1S/C43H57N3O13/c1-2-22-56-43-38(45(18-24-54-25-21-49)42(51)57-32-15-12-30(13-16-32)46(52)53)28-36(44-59-39-11-5-8-23-55-39)34-26-29(9-3-6-19-47)33(10-4-7-20-48)40(41(34)43)35-27-31(50)14-17-37(35)58-43/h2,12-17,26-27,29,33,38-41,47-50H,1,3-11,18-25,28H2. The van der Waals surface area contributed by atoms with Crippen LogP contribution in [0.5, 0.6) is 17.2 Å². The van der Waals surface area contributed by atoms with Crippen molar-refractivity contribution in [3.05, 3.63) is 82.4 Å². The zero-order valence-electron chi connectivity index (χ0n) is 33.4. The Morgan fingerprint density at radius 2 is 1.81 bits per heavy atom. The van der Waals surface area contributed by atoms with Gasteiger partial charge in [-0.05, 0) is 86.3 Å². The topological polar surface area (TPSA) is 212 Å². The summed E-state index contributed by atoms with van der Waals surface area (Å²) in [6, 6.07) is 9.20. The van der Waals surface area contributed by atoms with Crippen LogP contribution in [0.3, 0.4) is 0 Å². The van der Waals surface area contributed by atoms with E-state index in [1.54, 1.807) is 24.3 Å². The Kier molecular flexibility index (Phi) is 15.7. The van der Waals surface area contributed by atoms with Gasteiger partial charge in [-0.15, -0.1) is 6.58 Å². The SMILES string of the molecule is C=CCOC12Oc3ccc(O)cc3C3C(CCCCO)C(CCCCO)C=C(C(=NOC4CCCCO4)CC1N(CCOCCO)C(=O)Oc1ccc([N+](=O)[O-])cc1)C32. The maximum Gasteiger partial charge on any atom is 0.415 e. The molecule has 16 nitrogen and oxygen atoms in total. The second-order valence-electron chi connectivity index (χ2n) is 15.3. The Labute approximate surface area is 344 Å². The lowest BCUT2D eigenvalue weighted by molar-refractivity contribution is -0.384. The van der Waals surface area contributed by atoms with Crippen LogP contribution >= 0.6 is 0 Å².